The van der Waals surface area contributed by atoms with Crippen molar-refractivity contribution in [3.05, 3.63) is 58.1 Å². The van der Waals surface area contributed by atoms with Crippen LogP contribution in [0.15, 0.2) is 30.3 Å². The molecular formula is C20H23ClF2N2O3S. The first-order valence-electron chi connectivity index (χ1n) is 8.88. The molecule has 0 heterocycles. The summed E-state index contributed by atoms with van der Waals surface area (Å²) in [6, 6.07) is 5.69. The SMILES string of the molecule is CCC(N[S+]([O-])C(C)(C)C)c1ccc(Cl)c(Oc2ccc(F)c(C(N)=O)c2)c1F. The molecule has 2 unspecified atom stereocenters. The quantitative estimate of drug-likeness (QED) is 0.587. The fourth-order valence-electron chi connectivity index (χ4n) is 2.46. The number of hydrogen-bond acceptors (Lipinski definition) is 4. The maximum atomic E-state index is 15.2. The number of amides is 1. The molecule has 0 fully saturated rings. The second-order valence-electron chi connectivity index (χ2n) is 7.35. The Morgan fingerprint density at radius 3 is 2.52 bits per heavy atom. The van der Waals surface area contributed by atoms with Crippen molar-refractivity contribution >= 4 is 28.9 Å². The highest BCUT2D eigenvalue weighted by atomic mass is 35.5. The molecule has 1 amide bonds. The zero-order valence-electron chi connectivity index (χ0n) is 16.5. The molecule has 29 heavy (non-hydrogen) atoms. The molecule has 0 saturated carbocycles. The summed E-state index contributed by atoms with van der Waals surface area (Å²) in [5, 5.41) is -0.0111. The maximum absolute atomic E-state index is 15.2. The lowest BCUT2D eigenvalue weighted by molar-refractivity contribution is 0.0996. The third-order valence-corrected chi connectivity index (χ3v) is 6.00. The second-order valence-corrected chi connectivity index (χ2v) is 9.75. The summed E-state index contributed by atoms with van der Waals surface area (Å²) < 4.78 is 49.2. The second kappa shape index (κ2) is 9.30. The van der Waals surface area contributed by atoms with Crippen LogP contribution < -0.4 is 15.2 Å². The Labute approximate surface area is 176 Å². The molecule has 5 nitrogen and oxygen atoms in total. The Balaban J connectivity index is 2.40. The Bertz CT molecular complexity index is 906. The van der Waals surface area contributed by atoms with E-state index in [1.54, 1.807) is 20.8 Å². The van der Waals surface area contributed by atoms with Crippen molar-refractivity contribution in [2.75, 3.05) is 0 Å². The summed E-state index contributed by atoms with van der Waals surface area (Å²) in [5.74, 6) is -2.82. The minimum Gasteiger partial charge on any atom is -0.598 e. The molecule has 2 rings (SSSR count). The molecule has 2 aromatic rings. The van der Waals surface area contributed by atoms with Crippen LogP contribution in [0.25, 0.3) is 0 Å². The molecule has 158 valence electrons. The summed E-state index contributed by atoms with van der Waals surface area (Å²) in [5.41, 5.74) is 4.97. The maximum Gasteiger partial charge on any atom is 0.251 e. The molecule has 0 aromatic heterocycles. The fourth-order valence-corrected chi connectivity index (χ4v) is 3.55. The molecular weight excluding hydrogens is 422 g/mol. The van der Waals surface area contributed by atoms with Gasteiger partial charge >= 0.3 is 0 Å². The summed E-state index contributed by atoms with van der Waals surface area (Å²) in [7, 11) is 0. The van der Waals surface area contributed by atoms with Gasteiger partial charge in [0.1, 0.15) is 16.3 Å². The van der Waals surface area contributed by atoms with Crippen LogP contribution in [0.5, 0.6) is 11.5 Å². The molecule has 0 aliphatic carbocycles. The van der Waals surface area contributed by atoms with Crippen molar-refractivity contribution in [2.45, 2.75) is 44.9 Å². The summed E-state index contributed by atoms with van der Waals surface area (Å²) in [4.78, 5) is 11.3. The van der Waals surface area contributed by atoms with Crippen LogP contribution in [0.2, 0.25) is 5.02 Å². The Hall–Kier alpha value is -1.87. The number of nitrogens with two attached hydrogens (primary N) is 1. The minimum absolute atomic E-state index is 0.00238. The van der Waals surface area contributed by atoms with Gasteiger partial charge in [0.05, 0.1) is 16.6 Å². The lowest BCUT2D eigenvalue weighted by atomic mass is 10.0. The first kappa shape index (κ1) is 23.4. The summed E-state index contributed by atoms with van der Waals surface area (Å²) >= 11 is 4.68. The van der Waals surface area contributed by atoms with Crippen molar-refractivity contribution in [3.8, 4) is 11.5 Å². The van der Waals surface area contributed by atoms with Gasteiger partial charge in [-0.05, 0) is 51.5 Å². The van der Waals surface area contributed by atoms with E-state index in [1.165, 1.54) is 18.2 Å². The number of rotatable bonds is 7. The van der Waals surface area contributed by atoms with E-state index >= 15 is 4.39 Å². The molecule has 2 aromatic carbocycles. The third-order valence-electron chi connectivity index (χ3n) is 4.09. The van der Waals surface area contributed by atoms with E-state index in [0.29, 0.717) is 6.42 Å². The van der Waals surface area contributed by atoms with Crippen LogP contribution in [0, 0.1) is 11.6 Å². The van der Waals surface area contributed by atoms with Gasteiger partial charge in [-0.1, -0.05) is 24.6 Å². The van der Waals surface area contributed by atoms with Gasteiger partial charge in [0.25, 0.3) is 5.91 Å². The zero-order valence-corrected chi connectivity index (χ0v) is 18.1. The molecule has 3 N–H and O–H groups in total. The zero-order chi connectivity index (χ0) is 21.9. The molecule has 0 aliphatic rings. The average Bonchev–Trinajstić information content (AvgIpc) is 2.63. The van der Waals surface area contributed by atoms with Crippen molar-refractivity contribution in [2.24, 2.45) is 5.73 Å². The van der Waals surface area contributed by atoms with E-state index in [1.807, 2.05) is 6.92 Å². The molecule has 0 bridgehead atoms. The number of nitrogens with one attached hydrogen (secondary N) is 1. The highest BCUT2D eigenvalue weighted by molar-refractivity contribution is 7.90. The van der Waals surface area contributed by atoms with Gasteiger partial charge in [0.2, 0.25) is 0 Å². The van der Waals surface area contributed by atoms with Crippen LogP contribution in [0.3, 0.4) is 0 Å². The predicted octanol–water partition coefficient (Wildman–Crippen LogP) is 5.01. The predicted molar refractivity (Wildman–Crippen MR) is 110 cm³/mol. The molecule has 9 heteroatoms. The summed E-state index contributed by atoms with van der Waals surface area (Å²) in [6.07, 6.45) is 0.461. The molecule has 0 radical (unpaired) electrons. The number of ether oxygens (including phenoxy) is 1. The van der Waals surface area contributed by atoms with Crippen LogP contribution in [-0.4, -0.2) is 15.2 Å². The largest absolute Gasteiger partial charge is 0.598 e. The van der Waals surface area contributed by atoms with Crippen LogP contribution in [-0.2, 0) is 11.4 Å². The lowest BCUT2D eigenvalue weighted by Gasteiger charge is -2.28. The van der Waals surface area contributed by atoms with Crippen molar-refractivity contribution < 1.29 is 22.9 Å². The van der Waals surface area contributed by atoms with E-state index < -0.39 is 39.7 Å². The highest BCUT2D eigenvalue weighted by Crippen LogP contribution is 2.37. The van der Waals surface area contributed by atoms with Gasteiger partial charge < -0.3 is 15.0 Å². The fraction of sp³-hybridized carbons (Fsp3) is 0.350. The smallest absolute Gasteiger partial charge is 0.251 e. The van der Waals surface area contributed by atoms with Crippen LogP contribution in [0.1, 0.15) is 56.1 Å². The van der Waals surface area contributed by atoms with E-state index in [2.05, 4.69) is 4.72 Å². The Morgan fingerprint density at radius 1 is 1.31 bits per heavy atom. The number of benzene rings is 2. The van der Waals surface area contributed by atoms with Crippen LogP contribution in [0.4, 0.5) is 8.78 Å². The lowest BCUT2D eigenvalue weighted by Crippen LogP contribution is -2.41. The van der Waals surface area contributed by atoms with Gasteiger partial charge in [0.15, 0.2) is 11.6 Å². The number of hydrogen-bond donors (Lipinski definition) is 2. The average molecular weight is 445 g/mol. The number of halogens is 3. The Morgan fingerprint density at radius 2 is 1.97 bits per heavy atom. The topological polar surface area (TPSA) is 87.4 Å². The number of carbonyl (C=O) groups excluding carboxylic acids is 1. The molecule has 0 aliphatic heterocycles. The van der Waals surface area contributed by atoms with E-state index in [9.17, 15) is 13.7 Å². The summed E-state index contributed by atoms with van der Waals surface area (Å²) in [6.45, 7) is 7.24. The van der Waals surface area contributed by atoms with E-state index in [4.69, 9.17) is 22.1 Å². The third kappa shape index (κ3) is 5.60. The van der Waals surface area contributed by atoms with Gasteiger partial charge in [-0.2, -0.15) is 0 Å². The van der Waals surface area contributed by atoms with Gasteiger partial charge in [-0.3, -0.25) is 4.79 Å². The van der Waals surface area contributed by atoms with Gasteiger partial charge in [-0.25, -0.2) is 8.78 Å². The first-order valence-corrected chi connectivity index (χ1v) is 10.4. The number of carbonyl (C=O) groups is 1. The normalized spacial score (nSPS) is 13.8. The van der Waals surface area contributed by atoms with Crippen LogP contribution >= 0.6 is 11.6 Å². The van der Waals surface area contributed by atoms with Crippen molar-refractivity contribution in [1.82, 2.24) is 4.72 Å². The number of primary amides is 1. The standard InChI is InChI=1S/C20H23ClF2N2O3S/c1-5-16(25-29(27)20(2,3)4)12-7-8-14(21)18(17(12)23)28-11-6-9-15(22)13(10-11)19(24)26/h6-10,16,25H,5H2,1-4H3,(H2,24,26). The molecule has 2 atom stereocenters. The van der Waals surface area contributed by atoms with Gasteiger partial charge in [0, 0.05) is 16.9 Å². The first-order chi connectivity index (χ1) is 13.5. The van der Waals surface area contributed by atoms with Crippen molar-refractivity contribution in [1.29, 1.82) is 0 Å². The monoisotopic (exact) mass is 444 g/mol. The van der Waals surface area contributed by atoms with E-state index in [-0.39, 0.29) is 27.6 Å². The van der Waals surface area contributed by atoms with Crippen molar-refractivity contribution in [3.63, 3.8) is 0 Å². The molecule has 0 saturated heterocycles. The minimum atomic E-state index is -1.42. The van der Waals surface area contributed by atoms with Gasteiger partial charge in [-0.15, -0.1) is 4.72 Å². The highest BCUT2D eigenvalue weighted by Gasteiger charge is 2.31. The molecule has 0 spiro atoms. The Kier molecular flexibility index (Phi) is 7.50. The van der Waals surface area contributed by atoms with E-state index in [0.717, 1.165) is 12.1 Å².